The molecule has 0 radical (unpaired) electrons. The average molecular weight is 352 g/mol. The maximum Gasteiger partial charge on any atom is 0.191 e. The summed E-state index contributed by atoms with van der Waals surface area (Å²) in [7, 11) is 1.84. The zero-order chi connectivity index (χ0) is 17.8. The molecule has 2 aliphatic rings. The minimum absolute atomic E-state index is 0.520. The van der Waals surface area contributed by atoms with E-state index < -0.39 is 0 Å². The number of nitrogens with one attached hydrogen (secondary N) is 2. The molecule has 2 aromatic rings. The predicted octanol–water partition coefficient (Wildman–Crippen LogP) is 2.16. The monoisotopic (exact) mass is 352 g/mol. The van der Waals surface area contributed by atoms with Gasteiger partial charge in [-0.25, -0.2) is 4.68 Å². The molecular weight excluding hydrogens is 324 g/mol. The third-order valence-electron chi connectivity index (χ3n) is 5.30. The van der Waals surface area contributed by atoms with E-state index in [1.54, 1.807) is 6.20 Å². The Morgan fingerprint density at radius 1 is 1.19 bits per heavy atom. The molecule has 2 N–H and O–H groups in total. The van der Waals surface area contributed by atoms with Gasteiger partial charge in [0, 0.05) is 51.2 Å². The number of nitrogens with zero attached hydrogens (tertiary/aromatic N) is 4. The van der Waals surface area contributed by atoms with Crippen molar-refractivity contribution in [2.45, 2.75) is 44.3 Å². The smallest absolute Gasteiger partial charge is 0.191 e. The molecule has 0 unspecified atom stereocenters. The molecule has 6 heteroatoms. The second-order valence-corrected chi connectivity index (χ2v) is 7.23. The van der Waals surface area contributed by atoms with Gasteiger partial charge in [-0.2, -0.15) is 5.10 Å². The van der Waals surface area contributed by atoms with Crippen LogP contribution < -0.4 is 10.6 Å². The summed E-state index contributed by atoms with van der Waals surface area (Å²) in [6.45, 7) is 3.17. The summed E-state index contributed by atoms with van der Waals surface area (Å²) < 4.78 is 1.88. The Balaban J connectivity index is 1.28. The summed E-state index contributed by atoms with van der Waals surface area (Å²) in [5.41, 5.74) is 2.29. The molecule has 6 nitrogen and oxygen atoms in total. The maximum atomic E-state index is 4.40. The number of aromatic nitrogens is 2. The molecular formula is C20H28N6. The van der Waals surface area contributed by atoms with Crippen LogP contribution in [-0.4, -0.2) is 52.9 Å². The van der Waals surface area contributed by atoms with E-state index in [4.69, 9.17) is 0 Å². The van der Waals surface area contributed by atoms with Gasteiger partial charge < -0.3 is 15.5 Å². The topological polar surface area (TPSA) is 57.5 Å². The SMILES string of the molecule is CN=C(NCc1cccc(-n2cccn2)c1)NC1CCN(C2CC2)CC1. The third-order valence-corrected chi connectivity index (χ3v) is 5.30. The number of likely N-dealkylation sites (tertiary alicyclic amines) is 1. The fourth-order valence-corrected chi connectivity index (χ4v) is 3.65. The highest BCUT2D eigenvalue weighted by atomic mass is 15.3. The molecule has 2 heterocycles. The maximum absolute atomic E-state index is 4.40. The van der Waals surface area contributed by atoms with Crippen LogP contribution in [0.2, 0.25) is 0 Å². The van der Waals surface area contributed by atoms with E-state index in [-0.39, 0.29) is 0 Å². The van der Waals surface area contributed by atoms with Gasteiger partial charge >= 0.3 is 0 Å². The lowest BCUT2D eigenvalue weighted by Gasteiger charge is -2.33. The highest BCUT2D eigenvalue weighted by Gasteiger charge is 2.31. The van der Waals surface area contributed by atoms with Crippen molar-refractivity contribution in [3.8, 4) is 5.69 Å². The molecule has 0 atom stereocenters. The molecule has 0 bridgehead atoms. The first-order valence-corrected chi connectivity index (χ1v) is 9.62. The van der Waals surface area contributed by atoms with Crippen LogP contribution in [0.1, 0.15) is 31.2 Å². The number of aliphatic imine (C=N–C) groups is 1. The van der Waals surface area contributed by atoms with Gasteiger partial charge in [0.2, 0.25) is 0 Å². The zero-order valence-corrected chi connectivity index (χ0v) is 15.4. The van der Waals surface area contributed by atoms with Gasteiger partial charge in [-0.05, 0) is 49.4 Å². The first-order chi connectivity index (χ1) is 12.8. The van der Waals surface area contributed by atoms with Gasteiger partial charge in [0.15, 0.2) is 5.96 Å². The van der Waals surface area contributed by atoms with Gasteiger partial charge in [-0.15, -0.1) is 0 Å². The number of guanidine groups is 1. The predicted molar refractivity (Wildman–Crippen MR) is 105 cm³/mol. The standard InChI is InChI=1S/C20H28N6/c1-21-20(24-17-8-12-25(13-9-17)18-6-7-18)22-15-16-4-2-5-19(14-16)26-11-3-10-23-26/h2-5,10-11,14,17-18H,6-9,12-13,15H2,1H3,(H2,21,22,24). The minimum Gasteiger partial charge on any atom is -0.354 e. The molecule has 1 aliphatic heterocycles. The van der Waals surface area contributed by atoms with Crippen molar-refractivity contribution in [3.63, 3.8) is 0 Å². The van der Waals surface area contributed by atoms with Gasteiger partial charge in [0.05, 0.1) is 5.69 Å². The van der Waals surface area contributed by atoms with E-state index in [1.807, 2.05) is 24.0 Å². The summed E-state index contributed by atoms with van der Waals surface area (Å²) in [5.74, 6) is 0.888. The van der Waals surface area contributed by atoms with Gasteiger partial charge in [-0.3, -0.25) is 4.99 Å². The Morgan fingerprint density at radius 2 is 2.04 bits per heavy atom. The fourth-order valence-electron chi connectivity index (χ4n) is 3.65. The van der Waals surface area contributed by atoms with E-state index >= 15 is 0 Å². The van der Waals surface area contributed by atoms with Crippen molar-refractivity contribution in [2.24, 2.45) is 4.99 Å². The fraction of sp³-hybridized carbons (Fsp3) is 0.500. The number of piperidine rings is 1. The number of benzene rings is 1. The summed E-state index contributed by atoms with van der Waals surface area (Å²) in [5, 5.41) is 11.3. The summed E-state index contributed by atoms with van der Waals surface area (Å²) in [6, 6.07) is 11.8. The molecule has 0 spiro atoms. The van der Waals surface area contributed by atoms with Crippen LogP contribution in [0.3, 0.4) is 0 Å². The quantitative estimate of drug-likeness (QED) is 0.640. The van der Waals surface area contributed by atoms with Crippen molar-refractivity contribution in [3.05, 3.63) is 48.3 Å². The number of hydrogen-bond acceptors (Lipinski definition) is 3. The Labute approximate surface area is 155 Å². The third kappa shape index (κ3) is 4.25. The molecule has 2 fully saturated rings. The number of hydrogen-bond donors (Lipinski definition) is 2. The molecule has 1 saturated carbocycles. The van der Waals surface area contributed by atoms with Crippen LogP contribution in [0.5, 0.6) is 0 Å². The molecule has 0 amide bonds. The van der Waals surface area contributed by atoms with Crippen LogP contribution in [-0.2, 0) is 6.54 Å². The van der Waals surface area contributed by atoms with Crippen LogP contribution >= 0.6 is 0 Å². The molecule has 26 heavy (non-hydrogen) atoms. The molecule has 1 aromatic heterocycles. The summed E-state index contributed by atoms with van der Waals surface area (Å²) in [6.07, 6.45) is 8.96. The Morgan fingerprint density at radius 3 is 2.73 bits per heavy atom. The van der Waals surface area contributed by atoms with Crippen LogP contribution in [0.4, 0.5) is 0 Å². The highest BCUT2D eigenvalue weighted by molar-refractivity contribution is 5.80. The largest absolute Gasteiger partial charge is 0.354 e. The van der Waals surface area contributed by atoms with Crippen molar-refractivity contribution in [1.82, 2.24) is 25.3 Å². The second-order valence-electron chi connectivity index (χ2n) is 7.23. The van der Waals surface area contributed by atoms with Gasteiger partial charge in [0.25, 0.3) is 0 Å². The lowest BCUT2D eigenvalue weighted by atomic mass is 10.1. The first-order valence-electron chi connectivity index (χ1n) is 9.62. The lowest BCUT2D eigenvalue weighted by Crippen LogP contribution is -2.48. The highest BCUT2D eigenvalue weighted by Crippen LogP contribution is 2.29. The van der Waals surface area contributed by atoms with E-state index in [1.165, 1.54) is 44.3 Å². The molecule has 1 aliphatic carbocycles. The molecule has 1 aromatic carbocycles. The van der Waals surface area contributed by atoms with Crippen molar-refractivity contribution >= 4 is 5.96 Å². The van der Waals surface area contributed by atoms with Gasteiger partial charge in [-0.1, -0.05) is 12.1 Å². The van der Waals surface area contributed by atoms with E-state index in [0.29, 0.717) is 6.04 Å². The first kappa shape index (κ1) is 17.1. The summed E-state index contributed by atoms with van der Waals surface area (Å²) >= 11 is 0. The Bertz CT molecular complexity index is 727. The molecule has 4 rings (SSSR count). The van der Waals surface area contributed by atoms with Gasteiger partial charge in [0.1, 0.15) is 0 Å². The normalized spacial score (nSPS) is 19.5. The average Bonchev–Trinajstić information content (AvgIpc) is 3.39. The van der Waals surface area contributed by atoms with Crippen LogP contribution in [0.25, 0.3) is 5.69 Å². The van der Waals surface area contributed by atoms with Crippen molar-refractivity contribution in [2.75, 3.05) is 20.1 Å². The molecule has 1 saturated heterocycles. The zero-order valence-electron chi connectivity index (χ0n) is 15.4. The second kappa shape index (κ2) is 7.91. The summed E-state index contributed by atoms with van der Waals surface area (Å²) in [4.78, 5) is 7.05. The van der Waals surface area contributed by atoms with Crippen molar-refractivity contribution in [1.29, 1.82) is 0 Å². The Kier molecular flexibility index (Phi) is 5.20. The Hall–Kier alpha value is -2.34. The lowest BCUT2D eigenvalue weighted by molar-refractivity contribution is 0.197. The molecule has 138 valence electrons. The van der Waals surface area contributed by atoms with E-state index in [9.17, 15) is 0 Å². The van der Waals surface area contributed by atoms with Crippen molar-refractivity contribution < 1.29 is 0 Å². The van der Waals surface area contributed by atoms with E-state index in [2.05, 4.69) is 49.9 Å². The van der Waals surface area contributed by atoms with Crippen LogP contribution in [0, 0.1) is 0 Å². The van der Waals surface area contributed by atoms with E-state index in [0.717, 1.165) is 24.2 Å². The number of rotatable bonds is 5. The van der Waals surface area contributed by atoms with Crippen LogP contribution in [0.15, 0.2) is 47.7 Å². The minimum atomic E-state index is 0.520.